The maximum absolute atomic E-state index is 12.6. The first-order valence-electron chi connectivity index (χ1n) is 9.04. The van der Waals surface area contributed by atoms with E-state index in [-0.39, 0.29) is 29.1 Å². The Labute approximate surface area is 140 Å². The van der Waals surface area contributed by atoms with Crippen LogP contribution in [0.25, 0.3) is 0 Å². The highest BCUT2D eigenvalue weighted by atomic mass is 16.2. The molecule has 2 aliphatic rings. The molecule has 132 valence electrons. The number of hydrogen-bond donors (Lipinski definition) is 2. The van der Waals surface area contributed by atoms with Gasteiger partial charge in [0.05, 0.1) is 0 Å². The van der Waals surface area contributed by atoms with E-state index in [2.05, 4.69) is 45.3 Å². The van der Waals surface area contributed by atoms with Gasteiger partial charge in [-0.25, -0.2) is 0 Å². The average molecular weight is 323 g/mol. The van der Waals surface area contributed by atoms with E-state index in [4.69, 9.17) is 0 Å². The molecule has 23 heavy (non-hydrogen) atoms. The van der Waals surface area contributed by atoms with Gasteiger partial charge in [0.25, 0.3) is 0 Å². The summed E-state index contributed by atoms with van der Waals surface area (Å²) in [5.41, 5.74) is -0.0837. The van der Waals surface area contributed by atoms with Crippen LogP contribution in [0.2, 0.25) is 0 Å². The van der Waals surface area contributed by atoms with Gasteiger partial charge in [-0.2, -0.15) is 0 Å². The third-order valence-corrected chi connectivity index (χ3v) is 5.08. The molecule has 0 saturated carbocycles. The number of nitrogens with one attached hydrogen (secondary N) is 2. The monoisotopic (exact) mass is 323 g/mol. The minimum atomic E-state index is -0.427. The number of likely N-dealkylation sites (tertiary alicyclic amines) is 1. The molecule has 0 spiro atoms. The molecule has 0 bridgehead atoms. The lowest BCUT2D eigenvalue weighted by Gasteiger charge is -2.46. The van der Waals surface area contributed by atoms with Crippen LogP contribution in [0, 0.1) is 0 Å². The fourth-order valence-electron chi connectivity index (χ4n) is 4.49. The van der Waals surface area contributed by atoms with Crippen molar-refractivity contribution in [2.75, 3.05) is 6.54 Å². The van der Waals surface area contributed by atoms with Crippen molar-refractivity contribution in [3.63, 3.8) is 0 Å². The van der Waals surface area contributed by atoms with E-state index >= 15 is 0 Å². The fourth-order valence-corrected chi connectivity index (χ4v) is 4.49. The predicted molar refractivity (Wildman–Crippen MR) is 92.1 cm³/mol. The second-order valence-corrected chi connectivity index (χ2v) is 8.53. The minimum Gasteiger partial charge on any atom is -0.345 e. The third-order valence-electron chi connectivity index (χ3n) is 5.08. The molecule has 0 aromatic heterocycles. The summed E-state index contributed by atoms with van der Waals surface area (Å²) in [7, 11) is 0. The topological polar surface area (TPSA) is 61.4 Å². The maximum atomic E-state index is 12.6. The van der Waals surface area contributed by atoms with E-state index in [0.717, 1.165) is 38.5 Å². The van der Waals surface area contributed by atoms with Gasteiger partial charge in [0.2, 0.25) is 0 Å². The summed E-state index contributed by atoms with van der Waals surface area (Å²) in [6.07, 6.45) is 5.78. The molecule has 0 aliphatic carbocycles. The molecule has 0 radical (unpaired) electrons. The van der Waals surface area contributed by atoms with Crippen molar-refractivity contribution in [1.29, 1.82) is 0 Å². The zero-order valence-electron chi connectivity index (χ0n) is 15.4. The molecule has 0 aromatic rings. The number of carbonyl (C=O) groups excluding carboxylic acids is 2. The highest BCUT2D eigenvalue weighted by molar-refractivity contribution is 6.35. The predicted octanol–water partition coefficient (Wildman–Crippen LogP) is 2.20. The van der Waals surface area contributed by atoms with E-state index in [1.165, 1.54) is 0 Å². The summed E-state index contributed by atoms with van der Waals surface area (Å²) >= 11 is 0. The van der Waals surface area contributed by atoms with Crippen LogP contribution in [-0.2, 0) is 9.59 Å². The lowest BCUT2D eigenvalue weighted by atomic mass is 9.79. The average Bonchev–Trinajstić information content (AvgIpc) is 2.42. The maximum Gasteiger partial charge on any atom is 0.312 e. The third kappa shape index (κ3) is 4.69. The number of amides is 2. The summed E-state index contributed by atoms with van der Waals surface area (Å²) in [6.45, 7) is 11.4. The lowest BCUT2D eigenvalue weighted by molar-refractivity contribution is -0.149. The van der Waals surface area contributed by atoms with Crippen LogP contribution in [0.15, 0.2) is 0 Å². The Balaban J connectivity index is 1.99. The summed E-state index contributed by atoms with van der Waals surface area (Å²) < 4.78 is 0. The first kappa shape index (κ1) is 18.2. The van der Waals surface area contributed by atoms with Gasteiger partial charge < -0.3 is 15.5 Å². The van der Waals surface area contributed by atoms with Gasteiger partial charge in [-0.3, -0.25) is 9.59 Å². The number of nitrogens with zero attached hydrogens (tertiary/aromatic N) is 1. The van der Waals surface area contributed by atoms with Crippen molar-refractivity contribution in [1.82, 2.24) is 15.5 Å². The van der Waals surface area contributed by atoms with Crippen LogP contribution in [0.3, 0.4) is 0 Å². The molecule has 2 heterocycles. The van der Waals surface area contributed by atoms with Gasteiger partial charge in [0.15, 0.2) is 0 Å². The van der Waals surface area contributed by atoms with Crippen LogP contribution in [-0.4, -0.2) is 46.4 Å². The van der Waals surface area contributed by atoms with Crippen molar-refractivity contribution < 1.29 is 9.59 Å². The van der Waals surface area contributed by atoms with Crippen molar-refractivity contribution in [3.05, 3.63) is 0 Å². The van der Waals surface area contributed by atoms with Gasteiger partial charge >= 0.3 is 11.8 Å². The minimum absolute atomic E-state index is 0.0418. The molecule has 2 saturated heterocycles. The van der Waals surface area contributed by atoms with Crippen molar-refractivity contribution >= 4 is 11.8 Å². The van der Waals surface area contributed by atoms with E-state index in [0.29, 0.717) is 6.54 Å². The summed E-state index contributed by atoms with van der Waals surface area (Å²) in [5.74, 6) is -0.769. The quantitative estimate of drug-likeness (QED) is 0.766. The summed E-state index contributed by atoms with van der Waals surface area (Å²) in [4.78, 5) is 26.8. The van der Waals surface area contributed by atoms with Gasteiger partial charge in [-0.15, -0.1) is 0 Å². The van der Waals surface area contributed by atoms with Crippen molar-refractivity contribution in [3.8, 4) is 0 Å². The fraction of sp³-hybridized carbons (Fsp3) is 0.889. The second kappa shape index (κ2) is 6.80. The zero-order valence-corrected chi connectivity index (χ0v) is 15.4. The zero-order chi connectivity index (χ0) is 17.3. The molecular formula is C18H33N3O2. The van der Waals surface area contributed by atoms with Crippen molar-refractivity contribution in [2.45, 2.75) is 96.3 Å². The molecule has 2 aliphatic heterocycles. The highest BCUT2D eigenvalue weighted by Crippen LogP contribution is 2.28. The molecule has 1 atom stereocenters. The summed E-state index contributed by atoms with van der Waals surface area (Å²) in [5, 5.41) is 6.60. The Hall–Kier alpha value is -1.10. The van der Waals surface area contributed by atoms with Gasteiger partial charge in [0, 0.05) is 29.7 Å². The molecule has 5 nitrogen and oxygen atoms in total. The van der Waals surface area contributed by atoms with Crippen LogP contribution in [0.4, 0.5) is 0 Å². The Morgan fingerprint density at radius 3 is 2.30 bits per heavy atom. The number of rotatable bonds is 2. The molecular weight excluding hydrogens is 290 g/mol. The Bertz CT molecular complexity index is 443. The van der Waals surface area contributed by atoms with Crippen LogP contribution >= 0.6 is 0 Å². The van der Waals surface area contributed by atoms with Crippen molar-refractivity contribution in [2.24, 2.45) is 0 Å². The highest BCUT2D eigenvalue weighted by Gasteiger charge is 2.39. The van der Waals surface area contributed by atoms with Gasteiger partial charge in [-0.1, -0.05) is 6.92 Å². The van der Waals surface area contributed by atoms with Gasteiger partial charge in [0.1, 0.15) is 0 Å². The van der Waals surface area contributed by atoms with E-state index < -0.39 is 5.91 Å². The molecule has 5 heteroatoms. The van der Waals surface area contributed by atoms with Gasteiger partial charge in [-0.05, 0) is 66.2 Å². The SMILES string of the molecule is CCC1CCCCN1C(=O)C(=O)NC1CC(C)(C)NC(C)(C)C1. The molecule has 2 N–H and O–H groups in total. The Morgan fingerprint density at radius 2 is 1.74 bits per heavy atom. The molecule has 0 aromatic carbocycles. The van der Waals surface area contributed by atoms with Crippen LogP contribution in [0.5, 0.6) is 0 Å². The van der Waals surface area contributed by atoms with E-state index in [9.17, 15) is 9.59 Å². The van der Waals surface area contributed by atoms with E-state index in [1.807, 2.05) is 0 Å². The number of carbonyl (C=O) groups is 2. The lowest BCUT2D eigenvalue weighted by Crippen LogP contribution is -2.63. The Kier molecular flexibility index (Phi) is 5.39. The standard InChI is InChI=1S/C18H33N3O2/c1-6-14-9-7-8-10-21(14)16(23)15(22)19-13-11-17(2,3)20-18(4,5)12-13/h13-14,20H,6-12H2,1-5H3,(H,19,22). The summed E-state index contributed by atoms with van der Waals surface area (Å²) in [6, 6.07) is 0.269. The number of hydrogen-bond acceptors (Lipinski definition) is 3. The molecule has 2 amide bonds. The van der Waals surface area contributed by atoms with E-state index in [1.54, 1.807) is 4.90 Å². The Morgan fingerprint density at radius 1 is 1.13 bits per heavy atom. The number of piperidine rings is 2. The largest absolute Gasteiger partial charge is 0.345 e. The van der Waals surface area contributed by atoms with Crippen LogP contribution < -0.4 is 10.6 Å². The molecule has 1 unspecified atom stereocenters. The molecule has 2 fully saturated rings. The second-order valence-electron chi connectivity index (χ2n) is 8.53. The smallest absolute Gasteiger partial charge is 0.312 e. The normalized spacial score (nSPS) is 27.5. The first-order chi connectivity index (χ1) is 10.6. The molecule has 2 rings (SSSR count). The van der Waals surface area contributed by atoms with Crippen LogP contribution in [0.1, 0.15) is 73.1 Å². The first-order valence-corrected chi connectivity index (χ1v) is 9.04.